The fourth-order valence-electron chi connectivity index (χ4n) is 1.88. The Hall–Kier alpha value is -1.72. The average molecular weight is 304 g/mol. The SMILES string of the molecule is CN(Cc1cccc(C(N)=S)c1)C(=O)Cc1cccs1. The van der Waals surface area contributed by atoms with Crippen molar-refractivity contribution in [2.45, 2.75) is 13.0 Å². The first-order valence-electron chi connectivity index (χ1n) is 6.21. The lowest BCUT2D eigenvalue weighted by atomic mass is 10.1. The zero-order chi connectivity index (χ0) is 14.5. The van der Waals surface area contributed by atoms with E-state index in [4.69, 9.17) is 18.0 Å². The van der Waals surface area contributed by atoms with E-state index >= 15 is 0 Å². The van der Waals surface area contributed by atoms with Gasteiger partial charge in [0, 0.05) is 24.0 Å². The average Bonchev–Trinajstić information content (AvgIpc) is 2.91. The quantitative estimate of drug-likeness (QED) is 0.864. The Morgan fingerprint density at radius 2 is 2.15 bits per heavy atom. The summed E-state index contributed by atoms with van der Waals surface area (Å²) in [7, 11) is 1.81. The Morgan fingerprint density at radius 3 is 2.80 bits per heavy atom. The fourth-order valence-corrected chi connectivity index (χ4v) is 2.70. The zero-order valence-corrected chi connectivity index (χ0v) is 12.8. The van der Waals surface area contributed by atoms with Crippen molar-refractivity contribution < 1.29 is 4.79 Å². The van der Waals surface area contributed by atoms with Crippen molar-refractivity contribution in [3.63, 3.8) is 0 Å². The lowest BCUT2D eigenvalue weighted by Gasteiger charge is -2.17. The molecular weight excluding hydrogens is 288 g/mol. The Kier molecular flexibility index (Phi) is 4.87. The number of likely N-dealkylation sites (N-methyl/N-ethyl adjacent to an activating group) is 1. The summed E-state index contributed by atoms with van der Waals surface area (Å²) in [5.74, 6) is 0.105. The Morgan fingerprint density at radius 1 is 1.35 bits per heavy atom. The van der Waals surface area contributed by atoms with Gasteiger partial charge in [-0.15, -0.1) is 11.3 Å². The molecular formula is C15H16N2OS2. The van der Waals surface area contributed by atoms with Gasteiger partial charge in [0.05, 0.1) is 6.42 Å². The first kappa shape index (κ1) is 14.7. The third kappa shape index (κ3) is 3.88. The highest BCUT2D eigenvalue weighted by atomic mass is 32.1. The number of hydrogen-bond acceptors (Lipinski definition) is 3. The monoisotopic (exact) mass is 304 g/mol. The molecule has 1 heterocycles. The van der Waals surface area contributed by atoms with Crippen molar-refractivity contribution in [1.82, 2.24) is 4.90 Å². The van der Waals surface area contributed by atoms with Gasteiger partial charge in [0.2, 0.25) is 5.91 Å². The maximum Gasteiger partial charge on any atom is 0.227 e. The fraction of sp³-hybridized carbons (Fsp3) is 0.200. The van der Waals surface area contributed by atoms with Crippen LogP contribution in [0.5, 0.6) is 0 Å². The van der Waals surface area contributed by atoms with Gasteiger partial charge in [-0.2, -0.15) is 0 Å². The molecule has 1 aromatic carbocycles. The molecule has 0 radical (unpaired) electrons. The number of carbonyl (C=O) groups excluding carboxylic acids is 1. The third-order valence-corrected chi connectivity index (χ3v) is 4.07. The van der Waals surface area contributed by atoms with Gasteiger partial charge in [0.15, 0.2) is 0 Å². The number of nitrogens with zero attached hydrogens (tertiary/aromatic N) is 1. The van der Waals surface area contributed by atoms with Gasteiger partial charge in [0.1, 0.15) is 4.99 Å². The summed E-state index contributed by atoms with van der Waals surface area (Å²) in [6.45, 7) is 0.556. The van der Waals surface area contributed by atoms with Gasteiger partial charge < -0.3 is 10.6 Å². The molecule has 0 atom stereocenters. The Labute approximate surface area is 128 Å². The molecule has 20 heavy (non-hydrogen) atoms. The lowest BCUT2D eigenvalue weighted by molar-refractivity contribution is -0.129. The van der Waals surface area contributed by atoms with Gasteiger partial charge in [-0.25, -0.2) is 0 Å². The van der Waals surface area contributed by atoms with Gasteiger partial charge >= 0.3 is 0 Å². The topological polar surface area (TPSA) is 46.3 Å². The second-order valence-electron chi connectivity index (χ2n) is 4.57. The molecule has 2 aromatic rings. The number of rotatable bonds is 5. The highest BCUT2D eigenvalue weighted by molar-refractivity contribution is 7.80. The number of benzene rings is 1. The van der Waals surface area contributed by atoms with E-state index in [0.29, 0.717) is 18.0 Å². The summed E-state index contributed by atoms with van der Waals surface area (Å²) in [6.07, 6.45) is 0.448. The van der Waals surface area contributed by atoms with E-state index in [1.54, 1.807) is 16.2 Å². The molecule has 0 aliphatic carbocycles. The number of carbonyl (C=O) groups is 1. The van der Waals surface area contributed by atoms with Crippen LogP contribution < -0.4 is 5.73 Å². The normalized spacial score (nSPS) is 10.2. The second-order valence-corrected chi connectivity index (χ2v) is 6.04. The minimum absolute atomic E-state index is 0.105. The summed E-state index contributed by atoms with van der Waals surface area (Å²) in [5, 5.41) is 1.98. The summed E-state index contributed by atoms with van der Waals surface area (Å²) in [6, 6.07) is 11.6. The number of amides is 1. The molecule has 0 unspecified atom stereocenters. The molecule has 5 heteroatoms. The van der Waals surface area contributed by atoms with Crippen LogP contribution in [0, 0.1) is 0 Å². The van der Waals surface area contributed by atoms with E-state index < -0.39 is 0 Å². The molecule has 0 fully saturated rings. The summed E-state index contributed by atoms with van der Waals surface area (Å²) >= 11 is 6.56. The van der Waals surface area contributed by atoms with Crippen molar-refractivity contribution in [2.75, 3.05) is 7.05 Å². The predicted molar refractivity (Wildman–Crippen MR) is 86.8 cm³/mol. The van der Waals surface area contributed by atoms with Gasteiger partial charge in [-0.1, -0.05) is 36.5 Å². The van der Waals surface area contributed by atoms with Gasteiger partial charge in [0.25, 0.3) is 0 Å². The van der Waals surface area contributed by atoms with Gasteiger partial charge in [-0.3, -0.25) is 4.79 Å². The lowest BCUT2D eigenvalue weighted by Crippen LogP contribution is -2.27. The molecule has 104 valence electrons. The van der Waals surface area contributed by atoms with Crippen molar-refractivity contribution in [3.05, 3.63) is 57.8 Å². The smallest absolute Gasteiger partial charge is 0.227 e. The number of thiocarbonyl (C=S) groups is 1. The van der Waals surface area contributed by atoms with Crippen LogP contribution in [-0.2, 0) is 17.8 Å². The standard InChI is InChI=1S/C15H16N2OS2/c1-17(14(18)9-13-6-3-7-20-13)10-11-4-2-5-12(8-11)15(16)19/h2-8H,9-10H2,1H3,(H2,16,19). The summed E-state index contributed by atoms with van der Waals surface area (Å²) in [5.41, 5.74) is 7.47. The van der Waals surface area contributed by atoms with Crippen LogP contribution in [0.15, 0.2) is 41.8 Å². The van der Waals surface area contributed by atoms with Crippen LogP contribution in [0.25, 0.3) is 0 Å². The van der Waals surface area contributed by atoms with Crippen LogP contribution in [0.3, 0.4) is 0 Å². The highest BCUT2D eigenvalue weighted by Crippen LogP contribution is 2.12. The highest BCUT2D eigenvalue weighted by Gasteiger charge is 2.11. The molecule has 0 saturated carbocycles. The van der Waals surface area contributed by atoms with Crippen molar-refractivity contribution in [3.8, 4) is 0 Å². The molecule has 0 saturated heterocycles. The van der Waals surface area contributed by atoms with Crippen molar-refractivity contribution in [2.24, 2.45) is 5.73 Å². The van der Waals surface area contributed by atoms with E-state index in [2.05, 4.69) is 0 Å². The molecule has 1 amide bonds. The van der Waals surface area contributed by atoms with E-state index in [0.717, 1.165) is 16.0 Å². The zero-order valence-electron chi connectivity index (χ0n) is 11.2. The van der Waals surface area contributed by atoms with Gasteiger partial charge in [-0.05, 0) is 23.1 Å². The van der Waals surface area contributed by atoms with Crippen LogP contribution in [-0.4, -0.2) is 22.8 Å². The molecule has 0 bridgehead atoms. The van der Waals surface area contributed by atoms with E-state index in [1.165, 1.54) is 0 Å². The van der Waals surface area contributed by atoms with Crippen molar-refractivity contribution in [1.29, 1.82) is 0 Å². The van der Waals surface area contributed by atoms with Crippen LogP contribution >= 0.6 is 23.6 Å². The van der Waals surface area contributed by atoms with E-state index in [9.17, 15) is 4.79 Å². The molecule has 0 spiro atoms. The largest absolute Gasteiger partial charge is 0.389 e. The van der Waals surface area contributed by atoms with E-state index in [1.807, 2.05) is 48.8 Å². The number of nitrogens with two attached hydrogens (primary N) is 1. The molecule has 0 aliphatic heterocycles. The minimum Gasteiger partial charge on any atom is -0.389 e. The summed E-state index contributed by atoms with van der Waals surface area (Å²) in [4.78, 5) is 15.3. The van der Waals surface area contributed by atoms with Crippen LogP contribution in [0.2, 0.25) is 0 Å². The maximum atomic E-state index is 12.1. The second kappa shape index (κ2) is 6.63. The molecule has 0 aliphatic rings. The van der Waals surface area contributed by atoms with Crippen LogP contribution in [0.4, 0.5) is 0 Å². The number of hydrogen-bond donors (Lipinski definition) is 1. The third-order valence-electron chi connectivity index (χ3n) is 2.96. The van der Waals surface area contributed by atoms with E-state index in [-0.39, 0.29) is 5.91 Å². The molecule has 3 nitrogen and oxygen atoms in total. The molecule has 2 rings (SSSR count). The van der Waals surface area contributed by atoms with Crippen LogP contribution in [0.1, 0.15) is 16.0 Å². The Bertz CT molecular complexity index is 608. The first-order valence-corrected chi connectivity index (χ1v) is 7.50. The summed E-state index contributed by atoms with van der Waals surface area (Å²) < 4.78 is 0. The molecule has 2 N–H and O–H groups in total. The Balaban J connectivity index is 2.00. The maximum absolute atomic E-state index is 12.1. The minimum atomic E-state index is 0.105. The number of thiophene rings is 1. The predicted octanol–water partition coefficient (Wildman–Crippen LogP) is 2.58. The van der Waals surface area contributed by atoms with Crippen molar-refractivity contribution >= 4 is 34.5 Å². The molecule has 1 aromatic heterocycles. The first-order chi connectivity index (χ1) is 9.56.